The van der Waals surface area contributed by atoms with Crippen molar-refractivity contribution in [1.82, 2.24) is 0 Å². The Morgan fingerprint density at radius 1 is 0.397 bits per heavy atom. The summed E-state index contributed by atoms with van der Waals surface area (Å²) >= 11 is 0. The van der Waals surface area contributed by atoms with Gasteiger partial charge in [0.1, 0.15) is 6.61 Å². The molecule has 1 atom stereocenters. The third-order valence-corrected chi connectivity index (χ3v) is 9.58. The van der Waals surface area contributed by atoms with E-state index in [0.717, 1.165) is 103 Å². The van der Waals surface area contributed by atoms with E-state index in [9.17, 15) is 9.59 Å². The Hall–Kier alpha value is -3.18. The van der Waals surface area contributed by atoms with Crippen LogP contribution in [0.1, 0.15) is 201 Å². The van der Waals surface area contributed by atoms with Crippen LogP contribution in [0.5, 0.6) is 0 Å². The molecule has 1 unspecified atom stereocenters. The van der Waals surface area contributed by atoms with Crippen molar-refractivity contribution in [3.63, 3.8) is 0 Å². The van der Waals surface area contributed by atoms with E-state index in [0.29, 0.717) is 19.4 Å². The zero-order valence-electron chi connectivity index (χ0n) is 37.8. The van der Waals surface area contributed by atoms with Crippen LogP contribution in [-0.2, 0) is 23.8 Å². The molecule has 0 aliphatic rings. The largest absolute Gasteiger partial charge is 0.462 e. The first-order chi connectivity index (χ1) is 28.6. The van der Waals surface area contributed by atoms with Gasteiger partial charge in [-0.15, -0.1) is 0 Å². The summed E-state index contributed by atoms with van der Waals surface area (Å²) in [5.41, 5.74) is 0. The molecule has 58 heavy (non-hydrogen) atoms. The van der Waals surface area contributed by atoms with Crippen molar-refractivity contribution >= 4 is 11.9 Å². The predicted octanol–water partition coefficient (Wildman–Crippen LogP) is 15.9. The number of hydrogen-bond acceptors (Lipinski definition) is 5. The number of carbonyl (C=O) groups is 2. The topological polar surface area (TPSA) is 61.8 Å². The van der Waals surface area contributed by atoms with E-state index in [1.807, 2.05) is 0 Å². The third-order valence-electron chi connectivity index (χ3n) is 9.58. The minimum atomic E-state index is -0.575. The Balaban J connectivity index is 4.41. The van der Waals surface area contributed by atoms with E-state index in [1.165, 1.54) is 64.2 Å². The molecule has 0 saturated carbocycles. The van der Waals surface area contributed by atoms with Crippen LogP contribution in [0, 0.1) is 0 Å². The normalized spacial score (nSPS) is 13.1. The van der Waals surface area contributed by atoms with Crippen molar-refractivity contribution in [1.29, 1.82) is 0 Å². The molecule has 0 heterocycles. The average Bonchev–Trinajstić information content (AvgIpc) is 3.22. The average molecular weight is 805 g/mol. The molecule has 5 nitrogen and oxygen atoms in total. The van der Waals surface area contributed by atoms with Gasteiger partial charge in [0.25, 0.3) is 0 Å². The zero-order valence-corrected chi connectivity index (χ0v) is 37.8. The van der Waals surface area contributed by atoms with E-state index in [2.05, 4.69) is 118 Å². The minimum Gasteiger partial charge on any atom is -0.462 e. The lowest BCUT2D eigenvalue weighted by atomic mass is 10.1. The molecule has 0 amide bonds. The fraction of sp³-hybridized carbons (Fsp3) is 0.660. The monoisotopic (exact) mass is 805 g/mol. The number of carbonyl (C=O) groups excluding carboxylic acids is 2. The van der Waals surface area contributed by atoms with Gasteiger partial charge in [0.15, 0.2) is 6.10 Å². The third kappa shape index (κ3) is 45.5. The van der Waals surface area contributed by atoms with Crippen molar-refractivity contribution in [3.8, 4) is 0 Å². The number of rotatable bonds is 42. The van der Waals surface area contributed by atoms with Crippen LogP contribution in [0.15, 0.2) is 97.2 Å². The second-order valence-electron chi connectivity index (χ2n) is 15.2. The second kappa shape index (κ2) is 48.2. The molecule has 0 N–H and O–H groups in total. The van der Waals surface area contributed by atoms with Gasteiger partial charge in [-0.25, -0.2) is 0 Å². The maximum Gasteiger partial charge on any atom is 0.306 e. The van der Waals surface area contributed by atoms with Crippen molar-refractivity contribution in [2.75, 3.05) is 19.8 Å². The van der Waals surface area contributed by atoms with Gasteiger partial charge >= 0.3 is 11.9 Å². The van der Waals surface area contributed by atoms with E-state index in [1.54, 1.807) is 0 Å². The molecule has 0 aromatic carbocycles. The summed E-state index contributed by atoms with van der Waals surface area (Å²) in [6, 6.07) is 0. The number of unbranched alkanes of at least 4 members (excludes halogenated alkanes) is 15. The van der Waals surface area contributed by atoms with E-state index in [4.69, 9.17) is 14.2 Å². The standard InChI is InChI=1S/C53H88O5/c1-4-7-10-13-16-19-22-25-27-29-31-34-37-40-43-46-52(54)57-50-51(49-56-48-45-42-39-36-33-30-26-23-20-17-14-11-8-5-2)58-53(55)47-44-41-38-35-32-28-24-21-18-15-12-9-6-3/h7,9-10,12,16,18-21,23,25,27-28,31-32,34,51H,4-6,8,11,13-15,17,22,24,26,29-30,33,35-50H2,1-3H3/b10-7-,12-9-,19-16-,21-18-,23-20-,27-25-,32-28-,34-31-. The summed E-state index contributed by atoms with van der Waals surface area (Å²) in [4.78, 5) is 25.3. The van der Waals surface area contributed by atoms with Gasteiger partial charge in [-0.1, -0.05) is 169 Å². The molecular formula is C53H88O5. The van der Waals surface area contributed by atoms with Gasteiger partial charge in [-0.2, -0.15) is 0 Å². The highest BCUT2D eigenvalue weighted by Crippen LogP contribution is 2.11. The summed E-state index contributed by atoms with van der Waals surface area (Å²) in [7, 11) is 0. The molecule has 0 aromatic rings. The fourth-order valence-corrected chi connectivity index (χ4v) is 6.10. The summed E-state index contributed by atoms with van der Waals surface area (Å²) in [5, 5.41) is 0. The van der Waals surface area contributed by atoms with Crippen molar-refractivity contribution in [2.24, 2.45) is 0 Å². The number of esters is 2. The molecule has 0 fully saturated rings. The molecule has 0 aliphatic carbocycles. The van der Waals surface area contributed by atoms with Gasteiger partial charge in [0.05, 0.1) is 6.61 Å². The van der Waals surface area contributed by atoms with Gasteiger partial charge in [-0.3, -0.25) is 9.59 Å². The summed E-state index contributed by atoms with van der Waals surface area (Å²) in [6.07, 6.45) is 64.1. The van der Waals surface area contributed by atoms with Crippen LogP contribution < -0.4 is 0 Å². The zero-order chi connectivity index (χ0) is 42.1. The smallest absolute Gasteiger partial charge is 0.306 e. The molecule has 0 radical (unpaired) electrons. The molecule has 5 heteroatoms. The minimum absolute atomic E-state index is 0.0444. The van der Waals surface area contributed by atoms with Crippen LogP contribution in [0.2, 0.25) is 0 Å². The Morgan fingerprint density at radius 2 is 0.776 bits per heavy atom. The second-order valence-corrected chi connectivity index (χ2v) is 15.2. The highest BCUT2D eigenvalue weighted by Gasteiger charge is 2.17. The molecular weight excluding hydrogens is 717 g/mol. The molecule has 0 saturated heterocycles. The fourth-order valence-electron chi connectivity index (χ4n) is 6.10. The maximum absolute atomic E-state index is 12.7. The van der Waals surface area contributed by atoms with Crippen LogP contribution in [0.3, 0.4) is 0 Å². The lowest BCUT2D eigenvalue weighted by Gasteiger charge is -2.18. The van der Waals surface area contributed by atoms with Crippen molar-refractivity contribution < 1.29 is 23.8 Å². The number of ether oxygens (including phenoxy) is 3. The van der Waals surface area contributed by atoms with E-state index < -0.39 is 6.10 Å². The van der Waals surface area contributed by atoms with Crippen molar-refractivity contribution in [2.45, 2.75) is 207 Å². The number of hydrogen-bond donors (Lipinski definition) is 0. The quantitative estimate of drug-likeness (QED) is 0.0349. The molecule has 330 valence electrons. The lowest BCUT2D eigenvalue weighted by molar-refractivity contribution is -0.163. The molecule has 0 aromatic heterocycles. The summed E-state index contributed by atoms with van der Waals surface area (Å²) in [6.45, 7) is 7.48. The lowest BCUT2D eigenvalue weighted by Crippen LogP contribution is -2.30. The van der Waals surface area contributed by atoms with E-state index in [-0.39, 0.29) is 25.2 Å². The Morgan fingerprint density at radius 3 is 1.29 bits per heavy atom. The first-order valence-electron chi connectivity index (χ1n) is 23.8. The van der Waals surface area contributed by atoms with E-state index >= 15 is 0 Å². The molecule has 0 spiro atoms. The Bertz CT molecular complexity index is 1140. The van der Waals surface area contributed by atoms with Crippen LogP contribution in [0.25, 0.3) is 0 Å². The van der Waals surface area contributed by atoms with Crippen LogP contribution >= 0.6 is 0 Å². The van der Waals surface area contributed by atoms with Gasteiger partial charge in [0.2, 0.25) is 0 Å². The predicted molar refractivity (Wildman–Crippen MR) is 251 cm³/mol. The Kier molecular flexibility index (Phi) is 45.5. The van der Waals surface area contributed by atoms with Crippen LogP contribution in [-0.4, -0.2) is 37.9 Å². The molecule has 0 bridgehead atoms. The first-order valence-corrected chi connectivity index (χ1v) is 23.8. The van der Waals surface area contributed by atoms with Gasteiger partial charge < -0.3 is 14.2 Å². The summed E-state index contributed by atoms with van der Waals surface area (Å²) in [5.74, 6) is -0.489. The highest BCUT2D eigenvalue weighted by molar-refractivity contribution is 5.70. The van der Waals surface area contributed by atoms with Gasteiger partial charge in [-0.05, 0) is 116 Å². The SMILES string of the molecule is CC/C=C\C/C=C\C/C=C\C/C=C\CCCCC(=O)OCC(COCCCCCCCC/C=C\CCCCCC)OC(=O)CCCCC/C=C\C/C=C\C/C=C\CC. The summed E-state index contributed by atoms with van der Waals surface area (Å²) < 4.78 is 17.3. The van der Waals surface area contributed by atoms with Gasteiger partial charge in [0, 0.05) is 19.4 Å². The number of allylic oxidation sites excluding steroid dienone is 16. The highest BCUT2D eigenvalue weighted by atomic mass is 16.6. The first kappa shape index (κ1) is 54.8. The maximum atomic E-state index is 12.7. The molecule has 0 aliphatic heterocycles. The molecule has 0 rings (SSSR count). The van der Waals surface area contributed by atoms with Crippen LogP contribution in [0.4, 0.5) is 0 Å². The van der Waals surface area contributed by atoms with Crippen molar-refractivity contribution in [3.05, 3.63) is 97.2 Å². The Labute approximate surface area is 358 Å².